The molecular weight excluding hydrogens is 456 g/mol. The minimum atomic E-state index is 0.368. The quantitative estimate of drug-likeness (QED) is 0.235. The van der Waals surface area contributed by atoms with E-state index in [1.54, 1.807) is 17.6 Å². The van der Waals surface area contributed by atoms with Crippen LogP contribution in [0.2, 0.25) is 0 Å². The molecule has 1 heterocycles. The highest BCUT2D eigenvalue weighted by Crippen LogP contribution is 2.60. The van der Waals surface area contributed by atoms with E-state index in [2.05, 4.69) is 52.0 Å². The zero-order valence-corrected chi connectivity index (χ0v) is 20.9. The van der Waals surface area contributed by atoms with E-state index in [4.69, 9.17) is 10.7 Å². The SMILES string of the molecule is NC(=NN=Cc1ccc(-c2nc(C34CC5CC(CC(C5)C3)C4)cs2)cc1)SCc1ccccc1. The van der Waals surface area contributed by atoms with Crippen molar-refractivity contribution in [2.45, 2.75) is 49.7 Å². The number of rotatable bonds is 6. The van der Waals surface area contributed by atoms with Crippen LogP contribution in [0.5, 0.6) is 0 Å². The third-order valence-corrected chi connectivity index (χ3v) is 9.58. The van der Waals surface area contributed by atoms with Gasteiger partial charge >= 0.3 is 0 Å². The van der Waals surface area contributed by atoms with E-state index in [9.17, 15) is 0 Å². The average Bonchev–Trinajstić information content (AvgIpc) is 3.35. The van der Waals surface area contributed by atoms with Gasteiger partial charge in [0, 0.05) is 22.1 Å². The molecule has 0 amide bonds. The zero-order chi connectivity index (χ0) is 23.0. The van der Waals surface area contributed by atoms with Crippen molar-refractivity contribution in [2.75, 3.05) is 0 Å². The van der Waals surface area contributed by atoms with E-state index >= 15 is 0 Å². The number of amidine groups is 1. The largest absolute Gasteiger partial charge is 0.377 e. The number of hydrogen-bond donors (Lipinski definition) is 1. The predicted octanol–water partition coefficient (Wildman–Crippen LogP) is 6.86. The van der Waals surface area contributed by atoms with Crippen LogP contribution in [0.1, 0.15) is 55.3 Å². The minimum Gasteiger partial charge on any atom is -0.377 e. The van der Waals surface area contributed by atoms with Gasteiger partial charge in [-0.2, -0.15) is 5.10 Å². The first-order valence-electron chi connectivity index (χ1n) is 12.2. The lowest BCUT2D eigenvalue weighted by Gasteiger charge is -2.56. The van der Waals surface area contributed by atoms with E-state index in [1.165, 1.54) is 67.1 Å². The van der Waals surface area contributed by atoms with Gasteiger partial charge in [-0.25, -0.2) is 4.98 Å². The van der Waals surface area contributed by atoms with Crippen LogP contribution >= 0.6 is 23.1 Å². The summed E-state index contributed by atoms with van der Waals surface area (Å²) in [5, 5.41) is 12.2. The van der Waals surface area contributed by atoms with E-state index in [0.29, 0.717) is 10.6 Å². The summed E-state index contributed by atoms with van der Waals surface area (Å²) in [7, 11) is 0. The summed E-state index contributed by atoms with van der Waals surface area (Å²) in [4.78, 5) is 5.17. The van der Waals surface area contributed by atoms with Gasteiger partial charge in [0.25, 0.3) is 0 Å². The Morgan fingerprint density at radius 1 is 1.00 bits per heavy atom. The smallest absolute Gasteiger partial charge is 0.180 e. The van der Waals surface area contributed by atoms with Crippen LogP contribution < -0.4 is 5.73 Å². The second-order valence-corrected chi connectivity index (χ2v) is 12.2. The van der Waals surface area contributed by atoms with Crippen LogP contribution in [0.15, 0.2) is 70.2 Å². The zero-order valence-electron chi connectivity index (χ0n) is 19.3. The molecule has 0 aliphatic heterocycles. The molecule has 4 nitrogen and oxygen atoms in total. The number of nitrogens with two attached hydrogens (primary N) is 1. The Balaban J connectivity index is 1.09. The molecule has 174 valence electrons. The normalized spacial score (nSPS) is 28.1. The summed E-state index contributed by atoms with van der Waals surface area (Å²) < 4.78 is 0. The Hall–Kier alpha value is -2.44. The summed E-state index contributed by atoms with van der Waals surface area (Å²) in [6.45, 7) is 0. The molecule has 4 aliphatic carbocycles. The topological polar surface area (TPSA) is 63.6 Å². The van der Waals surface area contributed by atoms with E-state index in [1.807, 2.05) is 18.2 Å². The monoisotopic (exact) mass is 486 g/mol. The average molecular weight is 487 g/mol. The summed E-state index contributed by atoms with van der Waals surface area (Å²) >= 11 is 3.29. The lowest BCUT2D eigenvalue weighted by atomic mass is 9.49. The van der Waals surface area contributed by atoms with Crippen LogP contribution in [0.3, 0.4) is 0 Å². The summed E-state index contributed by atoms with van der Waals surface area (Å²) in [6, 6.07) is 18.7. The maximum atomic E-state index is 5.99. The van der Waals surface area contributed by atoms with Gasteiger partial charge in [0.2, 0.25) is 0 Å². The Kier molecular flexibility index (Phi) is 6.04. The highest BCUT2D eigenvalue weighted by atomic mass is 32.2. The van der Waals surface area contributed by atoms with Crippen molar-refractivity contribution in [3.05, 3.63) is 76.8 Å². The number of nitrogens with zero attached hydrogens (tertiary/aromatic N) is 3. The lowest BCUT2D eigenvalue weighted by molar-refractivity contribution is -0.00689. The second-order valence-electron chi connectivity index (χ2n) is 10.3. The lowest BCUT2D eigenvalue weighted by Crippen LogP contribution is -2.48. The van der Waals surface area contributed by atoms with Gasteiger partial charge in [-0.15, -0.1) is 16.4 Å². The Bertz CT molecular complexity index is 1160. The molecule has 7 rings (SSSR count). The molecular formula is C28H30N4S2. The van der Waals surface area contributed by atoms with Gasteiger partial charge in [0.1, 0.15) is 5.01 Å². The molecule has 4 bridgehead atoms. The molecule has 2 N–H and O–H groups in total. The number of benzene rings is 2. The maximum Gasteiger partial charge on any atom is 0.180 e. The molecule has 3 aromatic rings. The van der Waals surface area contributed by atoms with Crippen LogP contribution in [-0.2, 0) is 11.2 Å². The maximum absolute atomic E-state index is 5.99. The number of hydrogen-bond acceptors (Lipinski definition) is 5. The minimum absolute atomic E-state index is 0.368. The van der Waals surface area contributed by atoms with E-state index < -0.39 is 0 Å². The first kappa shape index (κ1) is 22.1. The van der Waals surface area contributed by atoms with Crippen LogP contribution in [0.4, 0.5) is 0 Å². The first-order chi connectivity index (χ1) is 16.6. The molecule has 0 spiro atoms. The molecule has 4 fully saturated rings. The van der Waals surface area contributed by atoms with Crippen LogP contribution in [0, 0.1) is 17.8 Å². The standard InChI is InChI=1S/C28H30N4S2/c29-27(34-17-20-4-2-1-3-5-20)32-30-16-19-6-8-24(9-7-19)26-31-25(18-33-26)28-13-21-10-22(14-28)12-23(11-21)15-28/h1-9,16,18,21-23H,10-15,17H2,(H2,29,32). The molecule has 4 saturated carbocycles. The Morgan fingerprint density at radius 3 is 2.35 bits per heavy atom. The van der Waals surface area contributed by atoms with Crippen molar-refractivity contribution in [1.29, 1.82) is 0 Å². The third kappa shape index (κ3) is 4.58. The predicted molar refractivity (Wildman–Crippen MR) is 144 cm³/mol. The second kappa shape index (κ2) is 9.31. The van der Waals surface area contributed by atoms with Crippen molar-refractivity contribution in [3.63, 3.8) is 0 Å². The molecule has 4 aliphatic rings. The van der Waals surface area contributed by atoms with Gasteiger partial charge in [0.05, 0.1) is 11.9 Å². The van der Waals surface area contributed by atoms with Crippen molar-refractivity contribution in [3.8, 4) is 10.6 Å². The van der Waals surface area contributed by atoms with Gasteiger partial charge in [-0.1, -0.05) is 66.4 Å². The molecule has 0 saturated heterocycles. The number of thiazole rings is 1. The van der Waals surface area contributed by atoms with Gasteiger partial charge in [0.15, 0.2) is 5.17 Å². The molecule has 2 aromatic carbocycles. The molecule has 0 unspecified atom stereocenters. The fraction of sp³-hybridized carbons (Fsp3) is 0.393. The third-order valence-electron chi connectivity index (χ3n) is 7.84. The molecule has 0 radical (unpaired) electrons. The van der Waals surface area contributed by atoms with Crippen LogP contribution in [-0.4, -0.2) is 16.4 Å². The highest BCUT2D eigenvalue weighted by molar-refractivity contribution is 8.13. The highest BCUT2D eigenvalue weighted by Gasteiger charge is 2.52. The first-order valence-corrected chi connectivity index (χ1v) is 14.1. The van der Waals surface area contributed by atoms with Crippen LogP contribution in [0.25, 0.3) is 10.6 Å². The van der Waals surface area contributed by atoms with Crippen molar-refractivity contribution >= 4 is 34.5 Å². The molecule has 1 aromatic heterocycles. The number of thioether (sulfide) groups is 1. The Morgan fingerprint density at radius 2 is 1.68 bits per heavy atom. The number of aromatic nitrogens is 1. The summed E-state index contributed by atoms with van der Waals surface area (Å²) in [5.41, 5.74) is 11.1. The van der Waals surface area contributed by atoms with Crippen molar-refractivity contribution in [2.24, 2.45) is 33.7 Å². The fourth-order valence-corrected chi connectivity index (χ4v) is 8.26. The molecule has 0 atom stereocenters. The van der Waals surface area contributed by atoms with Gasteiger partial charge < -0.3 is 5.73 Å². The van der Waals surface area contributed by atoms with E-state index in [-0.39, 0.29) is 0 Å². The van der Waals surface area contributed by atoms with E-state index in [0.717, 1.165) is 34.1 Å². The van der Waals surface area contributed by atoms with Gasteiger partial charge in [-0.3, -0.25) is 0 Å². The summed E-state index contributed by atoms with van der Waals surface area (Å²) in [5.74, 6) is 3.63. The fourth-order valence-electron chi connectivity index (χ4n) is 6.70. The van der Waals surface area contributed by atoms with Crippen molar-refractivity contribution in [1.82, 2.24) is 4.98 Å². The molecule has 6 heteroatoms. The molecule has 34 heavy (non-hydrogen) atoms. The van der Waals surface area contributed by atoms with Gasteiger partial charge in [-0.05, 0) is 67.4 Å². The Labute approximate surface area is 209 Å². The van der Waals surface area contributed by atoms with Crippen molar-refractivity contribution < 1.29 is 0 Å². The summed E-state index contributed by atoms with van der Waals surface area (Å²) in [6.07, 6.45) is 10.3.